The summed E-state index contributed by atoms with van der Waals surface area (Å²) in [5, 5.41) is 4.91. The molecule has 0 bridgehead atoms. The summed E-state index contributed by atoms with van der Waals surface area (Å²) < 4.78 is 29.5. The van der Waals surface area contributed by atoms with Crippen LogP contribution in [0.25, 0.3) is 20.8 Å². The van der Waals surface area contributed by atoms with Crippen molar-refractivity contribution >= 4 is 53.8 Å². The average Bonchev–Trinajstić information content (AvgIpc) is 3.57. The lowest BCUT2D eigenvalue weighted by Crippen LogP contribution is -2.33. The highest BCUT2D eigenvalue weighted by Crippen LogP contribution is 2.45. The Balaban J connectivity index is 1.42. The number of carbonyl (C=O) groups is 1. The van der Waals surface area contributed by atoms with Crippen LogP contribution in [0.15, 0.2) is 53.4 Å². The highest BCUT2D eigenvalue weighted by atomic mass is 32.2. The van der Waals surface area contributed by atoms with Crippen molar-refractivity contribution in [3.05, 3.63) is 64.5 Å². The van der Waals surface area contributed by atoms with Crippen LogP contribution in [-0.4, -0.2) is 54.7 Å². The molecule has 0 fully saturated rings. The Hall–Kier alpha value is -2.63. The third-order valence-corrected chi connectivity index (χ3v) is 11.8. The van der Waals surface area contributed by atoms with Gasteiger partial charge < -0.3 is 5.32 Å². The molecule has 224 valence electrons. The Bertz CT molecular complexity index is 1590. The maximum Gasteiger partial charge on any atom is 0.256 e. The van der Waals surface area contributed by atoms with Gasteiger partial charge in [-0.05, 0) is 74.2 Å². The number of carbonyl (C=O) groups excluding carboxylic acids is 1. The fourth-order valence-corrected chi connectivity index (χ4v) is 9.29. The van der Waals surface area contributed by atoms with Crippen molar-refractivity contribution in [3.8, 4) is 10.6 Å². The Morgan fingerprint density at radius 3 is 2.36 bits per heavy atom. The zero-order valence-corrected chi connectivity index (χ0v) is 27.1. The number of nitrogens with one attached hydrogen (secondary N) is 1. The molecule has 42 heavy (non-hydrogen) atoms. The van der Waals surface area contributed by atoms with Gasteiger partial charge in [-0.3, -0.25) is 9.69 Å². The highest BCUT2D eigenvalue weighted by molar-refractivity contribution is 7.89. The van der Waals surface area contributed by atoms with Gasteiger partial charge in [0, 0.05) is 42.2 Å². The van der Waals surface area contributed by atoms with E-state index in [9.17, 15) is 13.2 Å². The number of aromatic nitrogens is 1. The molecule has 2 aromatic heterocycles. The number of thiophene rings is 1. The summed E-state index contributed by atoms with van der Waals surface area (Å²) in [7, 11) is -3.62. The van der Waals surface area contributed by atoms with Crippen LogP contribution in [0.3, 0.4) is 0 Å². The first kappa shape index (κ1) is 30.8. The zero-order valence-electron chi connectivity index (χ0n) is 24.7. The third kappa shape index (κ3) is 6.63. The number of unbranched alkanes of at least 4 members (excludes halogenated alkanes) is 2. The molecule has 1 aliphatic rings. The van der Waals surface area contributed by atoms with Crippen molar-refractivity contribution in [1.29, 1.82) is 0 Å². The number of nitrogens with zero attached hydrogens (tertiary/aromatic N) is 3. The standard InChI is InChI=1S/C32H40N4O3S3/c1-4-7-19-36(20-8-5-2)42(38,39)24-15-13-23(14-16-24)30(37)34-32-29(31-33-26-11-9-10-12-27(26)40-31)25-17-21-35(18-6-3)22-28(25)41-32/h9-16H,4-8,17-22H2,1-3H3,(H,34,37). The van der Waals surface area contributed by atoms with E-state index in [0.29, 0.717) is 18.7 Å². The molecule has 0 aliphatic carbocycles. The molecule has 0 radical (unpaired) electrons. The number of amides is 1. The van der Waals surface area contributed by atoms with Crippen molar-refractivity contribution in [3.63, 3.8) is 0 Å². The van der Waals surface area contributed by atoms with Gasteiger partial charge in [-0.1, -0.05) is 45.7 Å². The van der Waals surface area contributed by atoms with E-state index in [1.165, 1.54) is 10.4 Å². The van der Waals surface area contributed by atoms with Crippen LogP contribution >= 0.6 is 22.7 Å². The van der Waals surface area contributed by atoms with Gasteiger partial charge in [0.15, 0.2) is 0 Å². The van der Waals surface area contributed by atoms with Crippen LogP contribution in [0.2, 0.25) is 0 Å². The second-order valence-electron chi connectivity index (χ2n) is 10.8. The summed E-state index contributed by atoms with van der Waals surface area (Å²) in [6.45, 7) is 10.3. The summed E-state index contributed by atoms with van der Waals surface area (Å²) in [4.78, 5) is 22.5. The lowest BCUT2D eigenvalue weighted by atomic mass is 10.0. The smallest absolute Gasteiger partial charge is 0.256 e. The van der Waals surface area contributed by atoms with Crippen molar-refractivity contribution < 1.29 is 13.2 Å². The van der Waals surface area contributed by atoms with Gasteiger partial charge in [-0.15, -0.1) is 22.7 Å². The first-order valence-electron chi connectivity index (χ1n) is 15.0. The van der Waals surface area contributed by atoms with Crippen LogP contribution in [0, 0.1) is 0 Å². The molecular formula is C32H40N4O3S3. The van der Waals surface area contributed by atoms with Crippen LogP contribution in [0.1, 0.15) is 73.7 Å². The van der Waals surface area contributed by atoms with E-state index in [-0.39, 0.29) is 10.8 Å². The van der Waals surface area contributed by atoms with Gasteiger partial charge in [0.1, 0.15) is 10.0 Å². The van der Waals surface area contributed by atoms with Crippen molar-refractivity contribution in [2.24, 2.45) is 0 Å². The predicted molar refractivity (Wildman–Crippen MR) is 175 cm³/mol. The Labute approximate surface area is 257 Å². The summed E-state index contributed by atoms with van der Waals surface area (Å²) in [5.41, 5.74) is 3.70. The van der Waals surface area contributed by atoms with Crippen LogP contribution in [-0.2, 0) is 23.0 Å². The molecule has 1 aliphatic heterocycles. The van der Waals surface area contributed by atoms with Gasteiger partial charge in [-0.2, -0.15) is 4.31 Å². The van der Waals surface area contributed by atoms with E-state index in [2.05, 4.69) is 37.1 Å². The highest BCUT2D eigenvalue weighted by Gasteiger charge is 2.28. The number of para-hydroxylation sites is 1. The molecule has 0 saturated heterocycles. The molecule has 7 nitrogen and oxygen atoms in total. The van der Waals surface area contributed by atoms with Gasteiger partial charge in [0.25, 0.3) is 5.91 Å². The van der Waals surface area contributed by atoms with E-state index < -0.39 is 10.0 Å². The third-order valence-electron chi connectivity index (χ3n) is 7.69. The van der Waals surface area contributed by atoms with Gasteiger partial charge in [-0.25, -0.2) is 13.4 Å². The second-order valence-corrected chi connectivity index (χ2v) is 14.9. The summed E-state index contributed by atoms with van der Waals surface area (Å²) in [6.07, 6.45) is 5.53. The Morgan fingerprint density at radius 2 is 1.69 bits per heavy atom. The van der Waals surface area contributed by atoms with Crippen LogP contribution in [0.4, 0.5) is 5.00 Å². The largest absolute Gasteiger partial charge is 0.313 e. The first-order chi connectivity index (χ1) is 20.3. The monoisotopic (exact) mass is 624 g/mol. The number of thiazole rings is 1. The fraction of sp³-hybridized carbons (Fsp3) is 0.438. The predicted octanol–water partition coefficient (Wildman–Crippen LogP) is 7.64. The molecule has 0 spiro atoms. The molecule has 2 aromatic carbocycles. The number of benzene rings is 2. The molecule has 10 heteroatoms. The lowest BCUT2D eigenvalue weighted by Gasteiger charge is -2.26. The topological polar surface area (TPSA) is 82.6 Å². The van der Waals surface area contributed by atoms with E-state index in [1.807, 2.05) is 18.2 Å². The van der Waals surface area contributed by atoms with Crippen molar-refractivity contribution in [2.45, 2.75) is 70.7 Å². The number of rotatable bonds is 13. The summed E-state index contributed by atoms with van der Waals surface area (Å²) in [6, 6.07) is 14.5. The van der Waals surface area contributed by atoms with Gasteiger partial charge >= 0.3 is 0 Å². The Kier molecular flexibility index (Phi) is 10.1. The van der Waals surface area contributed by atoms with E-state index in [1.54, 1.807) is 51.2 Å². The van der Waals surface area contributed by atoms with Crippen molar-refractivity contribution in [1.82, 2.24) is 14.2 Å². The zero-order chi connectivity index (χ0) is 29.7. The fourth-order valence-electron chi connectivity index (χ4n) is 5.38. The summed E-state index contributed by atoms with van der Waals surface area (Å²) >= 11 is 3.29. The van der Waals surface area contributed by atoms with Gasteiger partial charge in [0.05, 0.1) is 15.1 Å². The number of hydrogen-bond acceptors (Lipinski definition) is 7. The number of hydrogen-bond donors (Lipinski definition) is 1. The molecule has 4 aromatic rings. The minimum Gasteiger partial charge on any atom is -0.313 e. The van der Waals surface area contributed by atoms with Gasteiger partial charge in [0.2, 0.25) is 10.0 Å². The molecule has 5 rings (SSSR count). The maximum atomic E-state index is 13.5. The van der Waals surface area contributed by atoms with E-state index >= 15 is 0 Å². The second kappa shape index (κ2) is 13.8. The molecule has 0 unspecified atom stereocenters. The molecule has 0 saturated carbocycles. The molecular weight excluding hydrogens is 585 g/mol. The molecule has 1 amide bonds. The minimum absolute atomic E-state index is 0.226. The average molecular weight is 625 g/mol. The van der Waals surface area contributed by atoms with Crippen molar-refractivity contribution in [2.75, 3.05) is 31.5 Å². The van der Waals surface area contributed by atoms with Crippen LogP contribution < -0.4 is 5.32 Å². The molecule has 3 heterocycles. The lowest BCUT2D eigenvalue weighted by molar-refractivity contribution is 0.102. The minimum atomic E-state index is -3.62. The molecule has 1 N–H and O–H groups in total. The summed E-state index contributed by atoms with van der Waals surface area (Å²) in [5.74, 6) is -0.251. The normalized spacial score (nSPS) is 14.0. The number of anilines is 1. The van der Waals surface area contributed by atoms with E-state index in [4.69, 9.17) is 4.98 Å². The number of fused-ring (bicyclic) bond motifs is 2. The van der Waals surface area contributed by atoms with Crippen LogP contribution in [0.5, 0.6) is 0 Å². The molecule has 0 atom stereocenters. The Morgan fingerprint density at radius 1 is 0.976 bits per heavy atom. The van der Waals surface area contributed by atoms with E-state index in [0.717, 1.165) is 83.9 Å². The SMILES string of the molecule is CCCCN(CCCC)S(=O)(=O)c1ccc(C(=O)Nc2sc3c(c2-c2nc4ccccc4s2)CCN(CCC)C3)cc1. The maximum absolute atomic E-state index is 13.5. The number of sulfonamides is 1. The quantitative estimate of drug-likeness (QED) is 0.165. The first-order valence-corrected chi connectivity index (χ1v) is 18.1.